The Labute approximate surface area is 126 Å². The van der Waals surface area contributed by atoms with E-state index >= 15 is 0 Å². The minimum Gasteiger partial charge on any atom is -0.359 e. The van der Waals surface area contributed by atoms with Gasteiger partial charge in [-0.1, -0.05) is 30.3 Å². The van der Waals surface area contributed by atoms with Crippen molar-refractivity contribution >= 4 is 27.5 Å². The number of aromatic nitrogens is 2. The molecule has 3 aromatic rings. The molecule has 0 saturated heterocycles. The molecule has 1 aromatic heterocycles. The number of hydrogen-bond acceptors (Lipinski definition) is 6. The maximum absolute atomic E-state index is 12.5. The van der Waals surface area contributed by atoms with Crippen LogP contribution in [-0.2, 0) is 16.6 Å². The summed E-state index contributed by atoms with van der Waals surface area (Å²) in [5.74, 6) is 0.179. The van der Waals surface area contributed by atoms with E-state index in [0.29, 0.717) is 0 Å². The second-order valence-electron chi connectivity index (χ2n) is 4.44. The molecule has 9 heteroatoms. The van der Waals surface area contributed by atoms with Gasteiger partial charge in [0.15, 0.2) is 0 Å². The molecule has 0 saturated carbocycles. The van der Waals surface area contributed by atoms with E-state index in [1.807, 2.05) is 18.2 Å². The van der Waals surface area contributed by atoms with Gasteiger partial charge in [0.25, 0.3) is 0 Å². The summed E-state index contributed by atoms with van der Waals surface area (Å²) in [7, 11) is -1.56. The molecular formula is C13H9N3O5S. The number of hydrogen-bond donors (Lipinski definition) is 0. The standard InChI is InChI=1S/C13H9N3O5S/c17-15(18)10-6-7-11(13-12(10)14-21-16(13)19)22(20)8-9-4-2-1-3-5-9/h1-7H,8H2. The Morgan fingerprint density at radius 1 is 1.23 bits per heavy atom. The lowest BCUT2D eigenvalue weighted by Gasteiger charge is -2.02. The van der Waals surface area contributed by atoms with Gasteiger partial charge in [0.1, 0.15) is 0 Å². The fourth-order valence-corrected chi connectivity index (χ4v) is 3.33. The van der Waals surface area contributed by atoms with Gasteiger partial charge in [-0.25, -0.2) is 0 Å². The lowest BCUT2D eigenvalue weighted by Crippen LogP contribution is -2.24. The van der Waals surface area contributed by atoms with E-state index in [4.69, 9.17) is 0 Å². The third kappa shape index (κ3) is 2.42. The molecule has 0 amide bonds. The lowest BCUT2D eigenvalue weighted by molar-refractivity contribution is -0.783. The zero-order valence-corrected chi connectivity index (χ0v) is 11.9. The first kappa shape index (κ1) is 14.1. The third-order valence-electron chi connectivity index (χ3n) is 3.06. The van der Waals surface area contributed by atoms with Crippen molar-refractivity contribution in [2.24, 2.45) is 0 Å². The van der Waals surface area contributed by atoms with Crippen LogP contribution >= 0.6 is 0 Å². The quantitative estimate of drug-likeness (QED) is 0.410. The first-order valence-electron chi connectivity index (χ1n) is 6.17. The fourth-order valence-electron chi connectivity index (χ4n) is 2.07. The van der Waals surface area contributed by atoms with Crippen LogP contribution in [-0.4, -0.2) is 14.3 Å². The number of nitrogens with zero attached hydrogens (tertiary/aromatic N) is 3. The van der Waals surface area contributed by atoms with Gasteiger partial charge in [0, 0.05) is 6.07 Å². The molecule has 0 fully saturated rings. The van der Waals surface area contributed by atoms with Gasteiger partial charge < -0.3 is 5.21 Å². The Morgan fingerprint density at radius 3 is 2.64 bits per heavy atom. The van der Waals surface area contributed by atoms with Gasteiger partial charge >= 0.3 is 11.2 Å². The second-order valence-corrected chi connectivity index (χ2v) is 5.86. The van der Waals surface area contributed by atoms with Crippen LogP contribution < -0.4 is 4.90 Å². The number of non-ortho nitro benzene ring substituents is 1. The van der Waals surface area contributed by atoms with Crippen LogP contribution in [0.15, 0.2) is 52.0 Å². The summed E-state index contributed by atoms with van der Waals surface area (Å²) >= 11 is 0. The van der Waals surface area contributed by atoms with Gasteiger partial charge in [-0.2, -0.15) is 0 Å². The molecule has 0 spiro atoms. The highest BCUT2D eigenvalue weighted by Crippen LogP contribution is 2.27. The molecule has 2 aromatic carbocycles. The van der Waals surface area contributed by atoms with E-state index in [1.165, 1.54) is 12.1 Å². The van der Waals surface area contributed by atoms with Crippen LogP contribution in [0.1, 0.15) is 5.56 Å². The first-order chi connectivity index (χ1) is 10.6. The van der Waals surface area contributed by atoms with E-state index in [-0.39, 0.29) is 32.3 Å². The van der Waals surface area contributed by atoms with Crippen molar-refractivity contribution in [1.29, 1.82) is 0 Å². The van der Waals surface area contributed by atoms with Crippen LogP contribution in [0, 0.1) is 15.3 Å². The summed E-state index contributed by atoms with van der Waals surface area (Å²) in [6.45, 7) is 0. The maximum atomic E-state index is 12.5. The Kier molecular flexibility index (Phi) is 3.55. The molecular weight excluding hydrogens is 310 g/mol. The first-order valence-corrected chi connectivity index (χ1v) is 7.49. The largest absolute Gasteiger partial charge is 0.359 e. The summed E-state index contributed by atoms with van der Waals surface area (Å²) in [5, 5.41) is 26.0. The molecule has 0 radical (unpaired) electrons. The van der Waals surface area contributed by atoms with E-state index in [0.717, 1.165) is 5.56 Å². The highest BCUT2D eigenvalue weighted by atomic mass is 32.2. The summed E-state index contributed by atoms with van der Waals surface area (Å²) in [4.78, 5) is 10.5. The van der Waals surface area contributed by atoms with Crippen molar-refractivity contribution in [3.05, 3.63) is 63.3 Å². The van der Waals surface area contributed by atoms with Crippen LogP contribution in [0.2, 0.25) is 0 Å². The van der Waals surface area contributed by atoms with Crippen LogP contribution in [0.3, 0.4) is 0 Å². The fraction of sp³-hybridized carbons (Fsp3) is 0.0769. The minimum atomic E-state index is -1.56. The molecule has 22 heavy (non-hydrogen) atoms. The topological polar surface area (TPSA) is 113 Å². The zero-order chi connectivity index (χ0) is 15.7. The predicted molar refractivity (Wildman–Crippen MR) is 76.2 cm³/mol. The van der Waals surface area contributed by atoms with Crippen LogP contribution in [0.25, 0.3) is 11.0 Å². The summed E-state index contributed by atoms with van der Waals surface area (Å²) < 4.78 is 16.9. The summed E-state index contributed by atoms with van der Waals surface area (Å²) in [6.07, 6.45) is 0. The number of rotatable bonds is 4. The van der Waals surface area contributed by atoms with Crippen molar-refractivity contribution in [1.82, 2.24) is 5.16 Å². The normalized spacial score (nSPS) is 12.4. The molecule has 0 N–H and O–H groups in total. The molecule has 1 atom stereocenters. The number of nitro benzene ring substituents is 1. The molecule has 0 aliphatic rings. The van der Waals surface area contributed by atoms with E-state index in [1.54, 1.807) is 12.1 Å². The average molecular weight is 319 g/mol. The lowest BCUT2D eigenvalue weighted by atomic mass is 10.2. The van der Waals surface area contributed by atoms with Crippen molar-refractivity contribution in [3.8, 4) is 0 Å². The third-order valence-corrected chi connectivity index (χ3v) is 4.48. The van der Waals surface area contributed by atoms with Crippen molar-refractivity contribution < 1.29 is 18.7 Å². The molecule has 0 aliphatic carbocycles. The van der Waals surface area contributed by atoms with Crippen LogP contribution in [0.4, 0.5) is 5.69 Å². The monoisotopic (exact) mass is 319 g/mol. The smallest absolute Gasteiger partial charge is 0.327 e. The van der Waals surface area contributed by atoms with Gasteiger partial charge in [0.05, 0.1) is 31.5 Å². The van der Waals surface area contributed by atoms with Gasteiger partial charge in [-0.15, -0.1) is 0 Å². The Balaban J connectivity index is 2.08. The Bertz CT molecular complexity index is 878. The van der Waals surface area contributed by atoms with Gasteiger partial charge in [0.2, 0.25) is 5.52 Å². The van der Waals surface area contributed by atoms with Crippen molar-refractivity contribution in [2.45, 2.75) is 10.6 Å². The van der Waals surface area contributed by atoms with Crippen molar-refractivity contribution in [3.63, 3.8) is 0 Å². The number of benzene rings is 2. The SMILES string of the molecule is O=[N+]([O-])c1ccc(S(=O)Cc2ccccc2)c2c1no[n+]2[O-]. The van der Waals surface area contributed by atoms with E-state index < -0.39 is 15.7 Å². The zero-order valence-electron chi connectivity index (χ0n) is 11.0. The molecule has 8 nitrogen and oxygen atoms in total. The second kappa shape index (κ2) is 5.53. The molecule has 112 valence electrons. The summed E-state index contributed by atoms with van der Waals surface area (Å²) in [6, 6.07) is 11.5. The maximum Gasteiger partial charge on any atom is 0.327 e. The Morgan fingerprint density at radius 2 is 1.95 bits per heavy atom. The van der Waals surface area contributed by atoms with Gasteiger partial charge in [-0.05, 0) is 16.5 Å². The number of fused-ring (bicyclic) bond motifs is 1. The van der Waals surface area contributed by atoms with E-state index in [9.17, 15) is 19.5 Å². The van der Waals surface area contributed by atoms with Crippen LogP contribution in [0.5, 0.6) is 0 Å². The molecule has 1 heterocycles. The minimum absolute atomic E-state index is 0.0422. The average Bonchev–Trinajstić information content (AvgIpc) is 2.89. The number of nitro groups is 1. The summed E-state index contributed by atoms with van der Waals surface area (Å²) in [5.41, 5.74) is 0.0671. The van der Waals surface area contributed by atoms with Gasteiger partial charge in [-0.3, -0.25) is 19.0 Å². The highest BCUT2D eigenvalue weighted by Gasteiger charge is 2.28. The highest BCUT2D eigenvalue weighted by molar-refractivity contribution is 7.84. The van der Waals surface area contributed by atoms with E-state index in [2.05, 4.69) is 9.79 Å². The molecule has 1 unspecified atom stereocenters. The molecule has 3 rings (SSSR count). The predicted octanol–water partition coefficient (Wildman–Crippen LogP) is 1.68. The Hall–Kier alpha value is -2.81. The molecule has 0 aliphatic heterocycles. The molecule has 0 bridgehead atoms. The van der Waals surface area contributed by atoms with Crippen molar-refractivity contribution in [2.75, 3.05) is 0 Å².